The molecule has 0 aliphatic heterocycles. The molecule has 0 spiro atoms. The normalized spacial score (nSPS) is 11.6. The van der Waals surface area contributed by atoms with E-state index in [1.807, 2.05) is 97.1 Å². The highest BCUT2D eigenvalue weighted by molar-refractivity contribution is 8.13. The molecule has 0 bridgehead atoms. The van der Waals surface area contributed by atoms with E-state index in [0.29, 0.717) is 72.1 Å². The van der Waals surface area contributed by atoms with Gasteiger partial charge in [-0.25, -0.2) is 0 Å². The Balaban J connectivity index is 1.09. The Morgan fingerprint density at radius 1 is 0.298 bits per heavy atom. The van der Waals surface area contributed by atoms with Crippen LogP contribution in [-0.4, -0.2) is 10.2 Å². The summed E-state index contributed by atoms with van der Waals surface area (Å²) in [6.07, 6.45) is 0. The summed E-state index contributed by atoms with van der Waals surface area (Å²) in [6.45, 7) is 31.2. The van der Waals surface area contributed by atoms with E-state index in [2.05, 4.69) is 204 Å². The Hall–Kier alpha value is -9.06. The first kappa shape index (κ1) is 69.3. The van der Waals surface area contributed by atoms with Crippen molar-refractivity contribution < 1.29 is 38.0 Å². The van der Waals surface area contributed by atoms with Crippen molar-refractivity contribution in [3.05, 3.63) is 272 Å². The summed E-state index contributed by atoms with van der Waals surface area (Å²) < 4.78 is 40.1. The van der Waals surface area contributed by atoms with Gasteiger partial charge in [-0.15, -0.1) is 0 Å². The zero-order valence-corrected chi connectivity index (χ0v) is 58.4. The van der Waals surface area contributed by atoms with Gasteiger partial charge in [0.1, 0.15) is 74.1 Å². The molecular formula is C84H86O8S2. The largest absolute Gasteiger partial charge is 0.489 e. The van der Waals surface area contributed by atoms with Crippen molar-refractivity contribution in [2.45, 2.75) is 168 Å². The van der Waals surface area contributed by atoms with Gasteiger partial charge in [-0.1, -0.05) is 227 Å². The third kappa shape index (κ3) is 21.0. The first-order valence-corrected chi connectivity index (χ1v) is 33.5. The molecule has 0 N–H and O–H groups in total. The van der Waals surface area contributed by atoms with Gasteiger partial charge >= 0.3 is 0 Å². The van der Waals surface area contributed by atoms with Crippen LogP contribution in [0.2, 0.25) is 0 Å². The molecule has 10 heteroatoms. The predicted molar refractivity (Wildman–Crippen MR) is 384 cm³/mol. The second kappa shape index (κ2) is 30.8. The smallest absolute Gasteiger partial charge is 0.190 e. The van der Waals surface area contributed by atoms with E-state index in [0.717, 1.165) is 54.3 Å². The lowest BCUT2D eigenvalue weighted by atomic mass is 9.87. The van der Waals surface area contributed by atoms with Crippen molar-refractivity contribution >= 4 is 33.8 Å². The van der Waals surface area contributed by atoms with Crippen LogP contribution < -0.4 is 28.4 Å². The van der Waals surface area contributed by atoms with Gasteiger partial charge < -0.3 is 28.4 Å². The van der Waals surface area contributed by atoms with Crippen molar-refractivity contribution in [2.75, 3.05) is 0 Å². The molecule has 94 heavy (non-hydrogen) atoms. The van der Waals surface area contributed by atoms with E-state index < -0.39 is 0 Å². The molecule has 0 radical (unpaired) electrons. The maximum absolute atomic E-state index is 12.0. The highest BCUT2D eigenvalue weighted by atomic mass is 32.2. The van der Waals surface area contributed by atoms with E-state index in [9.17, 15) is 9.59 Å². The van der Waals surface area contributed by atoms with Crippen LogP contribution in [0.15, 0.2) is 204 Å². The van der Waals surface area contributed by atoms with E-state index >= 15 is 0 Å². The summed E-state index contributed by atoms with van der Waals surface area (Å²) >= 11 is 2.34. The van der Waals surface area contributed by atoms with Crippen LogP contribution in [0.4, 0.5) is 0 Å². The second-order valence-corrected chi connectivity index (χ2v) is 30.2. The Morgan fingerprint density at radius 2 is 0.543 bits per heavy atom. The van der Waals surface area contributed by atoms with Gasteiger partial charge in [0.25, 0.3) is 0 Å². The molecule has 0 saturated heterocycles. The Morgan fingerprint density at radius 3 is 0.777 bits per heavy atom. The third-order valence-corrected chi connectivity index (χ3v) is 17.2. The second-order valence-electron chi connectivity index (χ2n) is 27.7. The molecule has 0 atom stereocenters. The molecule has 0 fully saturated rings. The van der Waals surface area contributed by atoms with Gasteiger partial charge in [-0.3, -0.25) is 9.59 Å². The first-order valence-electron chi connectivity index (χ1n) is 31.8. The lowest BCUT2D eigenvalue weighted by Crippen LogP contribution is -2.11. The van der Waals surface area contributed by atoms with Crippen molar-refractivity contribution in [1.29, 1.82) is 0 Å². The molecule has 8 nitrogen and oxygen atoms in total. The SMILES string of the molecule is CC(=O)Sc1ccc(C#Cc2cc(OCc3cc(OCc4ccc(C(C)(C)C)cc4)cc(OCc4ccc(C(C)(C)C)cc4)c3)c(C#Cc3ccc(SC(C)=O)cc3)cc2OCc2cc(OCc3ccc(C(C)(C)C)cc3)cc(OCc3ccc(C(C)(C)C)cc3)c2)cc1. The van der Waals surface area contributed by atoms with Crippen LogP contribution in [0.25, 0.3) is 0 Å². The van der Waals surface area contributed by atoms with Gasteiger partial charge in [0.2, 0.25) is 0 Å². The van der Waals surface area contributed by atoms with Crippen LogP contribution in [-0.2, 0) is 70.9 Å². The van der Waals surface area contributed by atoms with Gasteiger partial charge in [-0.05, 0) is 150 Å². The molecule has 0 heterocycles. The molecule has 0 saturated carbocycles. The zero-order chi connectivity index (χ0) is 67.2. The average molecular weight is 1290 g/mol. The number of ether oxygens (including phenoxy) is 6. The Kier molecular flexibility index (Phi) is 22.7. The van der Waals surface area contributed by atoms with Crippen LogP contribution in [0.1, 0.15) is 175 Å². The molecule has 9 rings (SSSR count). The minimum absolute atomic E-state index is 0.000247. The number of carbonyl (C=O) groups is 2. The summed E-state index contributed by atoms with van der Waals surface area (Å²) in [5.74, 6) is 17.0. The highest BCUT2D eigenvalue weighted by Gasteiger charge is 2.19. The molecule has 9 aromatic rings. The standard InChI is InChI=1S/C84H86O8S2/c1-57(85)93-77-39-25-59(26-40-77)15-29-67-47-80(92-56-66-45-75(89-53-63-21-35-71(36-22-63)83(9,10)11)50-76(46-66)90-54-64-23-37-72(38-24-64)84(12,13)14)68(30-16-60-27-41-78(42-28-60)94-58(2)86)48-79(67)91-55-65-43-73(87-51-61-17-31-69(32-18-61)81(3,4)5)49-74(44-65)88-52-62-19-33-70(34-20-62)82(6,7)8/h17-28,31-50H,51-56H2,1-14H3. The van der Waals surface area contributed by atoms with Gasteiger partial charge in [0, 0.05) is 59.0 Å². The minimum atomic E-state index is -0.000247. The number of hydrogen-bond acceptors (Lipinski definition) is 10. The summed E-state index contributed by atoms with van der Waals surface area (Å²) in [7, 11) is 0. The van der Waals surface area contributed by atoms with Gasteiger partial charge in [-0.2, -0.15) is 0 Å². The van der Waals surface area contributed by atoms with E-state index in [-0.39, 0.29) is 45.1 Å². The number of carbonyl (C=O) groups excluding carboxylic acids is 2. The molecule has 482 valence electrons. The predicted octanol–water partition coefficient (Wildman–Crippen LogP) is 20.4. The fourth-order valence-corrected chi connectivity index (χ4v) is 11.2. The molecular weight excluding hydrogens is 1200 g/mol. The number of rotatable bonds is 20. The average Bonchev–Trinajstić information content (AvgIpc) is 0.844. The third-order valence-electron chi connectivity index (χ3n) is 15.6. The van der Waals surface area contributed by atoms with E-state index in [1.54, 1.807) is 13.8 Å². The summed E-state index contributed by atoms with van der Waals surface area (Å²) in [6, 6.07) is 64.9. The van der Waals surface area contributed by atoms with Crippen LogP contribution in [0.3, 0.4) is 0 Å². The Bertz CT molecular complexity index is 3760. The number of benzene rings is 9. The lowest BCUT2D eigenvalue weighted by Gasteiger charge is -2.19. The van der Waals surface area contributed by atoms with Crippen LogP contribution >= 0.6 is 23.5 Å². The summed E-state index contributed by atoms with van der Waals surface area (Å²) in [4.78, 5) is 25.7. The molecule has 0 aromatic heterocycles. The van der Waals surface area contributed by atoms with Crippen LogP contribution in [0, 0.1) is 23.7 Å². The lowest BCUT2D eigenvalue weighted by molar-refractivity contribution is -0.109. The molecule has 9 aromatic carbocycles. The highest BCUT2D eigenvalue weighted by Crippen LogP contribution is 2.35. The Labute approximate surface area is 566 Å². The summed E-state index contributed by atoms with van der Waals surface area (Å²) in [5, 5.41) is -0.000495. The first-order chi connectivity index (χ1) is 44.6. The quantitative estimate of drug-likeness (QED) is 0.0543. The van der Waals surface area contributed by atoms with E-state index in [4.69, 9.17) is 28.4 Å². The monoisotopic (exact) mass is 1290 g/mol. The van der Waals surface area contributed by atoms with Crippen LogP contribution in [0.5, 0.6) is 34.5 Å². The molecule has 0 aliphatic rings. The maximum Gasteiger partial charge on any atom is 0.190 e. The molecule has 0 amide bonds. The fourth-order valence-electron chi connectivity index (χ4n) is 9.97. The number of thioether (sulfide) groups is 2. The van der Waals surface area contributed by atoms with E-state index in [1.165, 1.54) is 45.8 Å². The van der Waals surface area contributed by atoms with Gasteiger partial charge in [0.15, 0.2) is 10.2 Å². The fraction of sp³-hybridized carbons (Fsp3) is 0.286. The minimum Gasteiger partial charge on any atom is -0.489 e. The zero-order valence-electron chi connectivity index (χ0n) is 56.8. The van der Waals surface area contributed by atoms with Crippen molar-refractivity contribution in [1.82, 2.24) is 0 Å². The molecule has 0 aliphatic carbocycles. The summed E-state index contributed by atoms with van der Waals surface area (Å²) in [5.41, 5.74) is 13.4. The molecule has 0 unspecified atom stereocenters. The topological polar surface area (TPSA) is 89.5 Å². The van der Waals surface area contributed by atoms with Gasteiger partial charge in [0.05, 0.1) is 11.1 Å². The van der Waals surface area contributed by atoms with Crippen molar-refractivity contribution in [3.63, 3.8) is 0 Å². The number of hydrogen-bond donors (Lipinski definition) is 0. The van der Waals surface area contributed by atoms with Crippen molar-refractivity contribution in [3.8, 4) is 58.2 Å². The maximum atomic E-state index is 12.0. The van der Waals surface area contributed by atoms with Crippen molar-refractivity contribution in [2.24, 2.45) is 0 Å².